The second kappa shape index (κ2) is 5.11. The molecule has 2 rings (SSSR count). The lowest BCUT2D eigenvalue weighted by atomic mass is 9.83. The SMILES string of the molecule is CC(C)(O)CNC(=O)C1CCc2ccccc2C1. The summed E-state index contributed by atoms with van der Waals surface area (Å²) in [7, 11) is 0. The Morgan fingerprint density at radius 3 is 2.72 bits per heavy atom. The van der Waals surface area contributed by atoms with Gasteiger partial charge in [0.25, 0.3) is 0 Å². The fraction of sp³-hybridized carbons (Fsp3) is 0.533. The molecule has 1 aliphatic carbocycles. The summed E-state index contributed by atoms with van der Waals surface area (Å²) in [4.78, 5) is 12.0. The van der Waals surface area contributed by atoms with E-state index in [1.807, 2.05) is 12.1 Å². The molecule has 0 fully saturated rings. The topological polar surface area (TPSA) is 49.3 Å². The van der Waals surface area contributed by atoms with Crippen molar-refractivity contribution in [3.63, 3.8) is 0 Å². The predicted molar refractivity (Wildman–Crippen MR) is 71.3 cm³/mol. The summed E-state index contributed by atoms with van der Waals surface area (Å²) < 4.78 is 0. The van der Waals surface area contributed by atoms with Crippen molar-refractivity contribution in [2.45, 2.75) is 38.7 Å². The van der Waals surface area contributed by atoms with Gasteiger partial charge in [-0.3, -0.25) is 4.79 Å². The molecule has 98 valence electrons. The first-order valence-electron chi connectivity index (χ1n) is 6.52. The first-order valence-corrected chi connectivity index (χ1v) is 6.52. The van der Waals surface area contributed by atoms with Crippen molar-refractivity contribution in [1.29, 1.82) is 0 Å². The Hall–Kier alpha value is -1.35. The third kappa shape index (κ3) is 3.33. The van der Waals surface area contributed by atoms with E-state index in [0.717, 1.165) is 19.3 Å². The Morgan fingerprint density at radius 2 is 2.06 bits per heavy atom. The third-order valence-corrected chi connectivity index (χ3v) is 3.41. The smallest absolute Gasteiger partial charge is 0.223 e. The maximum atomic E-state index is 12.0. The lowest BCUT2D eigenvalue weighted by molar-refractivity contribution is -0.126. The van der Waals surface area contributed by atoms with Crippen molar-refractivity contribution < 1.29 is 9.90 Å². The van der Waals surface area contributed by atoms with Crippen LogP contribution in [-0.4, -0.2) is 23.2 Å². The molecular formula is C15H21NO2. The highest BCUT2D eigenvalue weighted by molar-refractivity contribution is 5.79. The van der Waals surface area contributed by atoms with Crippen LogP contribution < -0.4 is 5.32 Å². The third-order valence-electron chi connectivity index (χ3n) is 3.41. The van der Waals surface area contributed by atoms with Crippen LogP contribution in [0.15, 0.2) is 24.3 Å². The second-order valence-electron chi connectivity index (χ2n) is 5.74. The van der Waals surface area contributed by atoms with Crippen LogP contribution in [0.25, 0.3) is 0 Å². The summed E-state index contributed by atoms with van der Waals surface area (Å²) in [5.41, 5.74) is 1.80. The molecule has 0 saturated carbocycles. The minimum absolute atomic E-state index is 0.0437. The Balaban J connectivity index is 1.95. The first-order chi connectivity index (χ1) is 8.46. The highest BCUT2D eigenvalue weighted by atomic mass is 16.3. The summed E-state index contributed by atoms with van der Waals surface area (Å²) in [6, 6.07) is 8.31. The van der Waals surface area contributed by atoms with Crippen LogP contribution in [0.4, 0.5) is 0 Å². The zero-order valence-electron chi connectivity index (χ0n) is 11.1. The van der Waals surface area contributed by atoms with Gasteiger partial charge in [-0.15, -0.1) is 0 Å². The summed E-state index contributed by atoms with van der Waals surface area (Å²) in [5, 5.41) is 12.4. The summed E-state index contributed by atoms with van der Waals surface area (Å²) >= 11 is 0. The molecule has 1 aliphatic rings. The molecule has 3 nitrogen and oxygen atoms in total. The number of carbonyl (C=O) groups excluding carboxylic acids is 1. The number of rotatable bonds is 3. The van der Waals surface area contributed by atoms with Gasteiger partial charge in [0.05, 0.1) is 5.60 Å². The van der Waals surface area contributed by atoms with E-state index in [-0.39, 0.29) is 11.8 Å². The minimum Gasteiger partial charge on any atom is -0.389 e. The van der Waals surface area contributed by atoms with E-state index in [2.05, 4.69) is 17.4 Å². The lowest BCUT2D eigenvalue weighted by Gasteiger charge is -2.25. The van der Waals surface area contributed by atoms with Gasteiger partial charge in [0.2, 0.25) is 5.91 Å². The summed E-state index contributed by atoms with van der Waals surface area (Å²) in [5.74, 6) is 0.105. The molecule has 0 aromatic heterocycles. The number of fused-ring (bicyclic) bond motifs is 1. The first kappa shape index (κ1) is 13.1. The molecule has 0 radical (unpaired) electrons. The molecule has 1 atom stereocenters. The van der Waals surface area contributed by atoms with Crippen molar-refractivity contribution >= 4 is 5.91 Å². The van der Waals surface area contributed by atoms with Crippen LogP contribution in [-0.2, 0) is 17.6 Å². The van der Waals surface area contributed by atoms with Crippen LogP contribution in [0.3, 0.4) is 0 Å². The van der Waals surface area contributed by atoms with Crippen LogP contribution >= 0.6 is 0 Å². The molecule has 1 aromatic carbocycles. The number of hydrogen-bond acceptors (Lipinski definition) is 2. The molecule has 0 bridgehead atoms. The molecule has 2 N–H and O–H groups in total. The van der Waals surface area contributed by atoms with E-state index >= 15 is 0 Å². The van der Waals surface area contributed by atoms with Gasteiger partial charge in [-0.2, -0.15) is 0 Å². The molecule has 18 heavy (non-hydrogen) atoms. The summed E-state index contributed by atoms with van der Waals surface area (Å²) in [6.45, 7) is 3.71. The van der Waals surface area contributed by atoms with Crippen molar-refractivity contribution in [3.05, 3.63) is 35.4 Å². The van der Waals surface area contributed by atoms with Gasteiger partial charge in [0.15, 0.2) is 0 Å². The van der Waals surface area contributed by atoms with Crippen LogP contribution in [0.2, 0.25) is 0 Å². The van der Waals surface area contributed by atoms with Gasteiger partial charge in [-0.05, 0) is 44.2 Å². The van der Waals surface area contributed by atoms with Gasteiger partial charge < -0.3 is 10.4 Å². The quantitative estimate of drug-likeness (QED) is 0.853. The van der Waals surface area contributed by atoms with Crippen LogP contribution in [0, 0.1) is 5.92 Å². The van der Waals surface area contributed by atoms with E-state index in [9.17, 15) is 9.90 Å². The zero-order valence-corrected chi connectivity index (χ0v) is 11.1. The lowest BCUT2D eigenvalue weighted by Crippen LogP contribution is -2.42. The number of amides is 1. The van der Waals surface area contributed by atoms with Gasteiger partial charge in [-0.1, -0.05) is 24.3 Å². The fourth-order valence-corrected chi connectivity index (χ4v) is 2.37. The Morgan fingerprint density at radius 1 is 1.39 bits per heavy atom. The molecule has 3 heteroatoms. The average molecular weight is 247 g/mol. The number of aliphatic hydroxyl groups is 1. The van der Waals surface area contributed by atoms with Gasteiger partial charge >= 0.3 is 0 Å². The number of aryl methyl sites for hydroxylation is 1. The molecular weight excluding hydrogens is 226 g/mol. The maximum absolute atomic E-state index is 12.0. The second-order valence-corrected chi connectivity index (χ2v) is 5.74. The van der Waals surface area contributed by atoms with Crippen LogP contribution in [0.1, 0.15) is 31.4 Å². The highest BCUT2D eigenvalue weighted by Gasteiger charge is 2.25. The highest BCUT2D eigenvalue weighted by Crippen LogP contribution is 2.25. The van der Waals surface area contributed by atoms with E-state index in [0.29, 0.717) is 6.54 Å². The Bertz CT molecular complexity index is 434. The fourth-order valence-electron chi connectivity index (χ4n) is 2.37. The van der Waals surface area contributed by atoms with Crippen molar-refractivity contribution in [3.8, 4) is 0 Å². The molecule has 0 heterocycles. The molecule has 0 aliphatic heterocycles. The van der Waals surface area contributed by atoms with Gasteiger partial charge in [-0.25, -0.2) is 0 Å². The largest absolute Gasteiger partial charge is 0.389 e. The molecule has 0 saturated heterocycles. The monoisotopic (exact) mass is 247 g/mol. The average Bonchev–Trinajstić information content (AvgIpc) is 2.34. The number of nitrogens with one attached hydrogen (secondary N) is 1. The van der Waals surface area contributed by atoms with E-state index in [1.54, 1.807) is 13.8 Å². The van der Waals surface area contributed by atoms with Gasteiger partial charge in [0.1, 0.15) is 0 Å². The maximum Gasteiger partial charge on any atom is 0.223 e. The minimum atomic E-state index is -0.845. The number of carbonyl (C=O) groups is 1. The normalized spacial score (nSPS) is 19.2. The molecule has 1 aromatic rings. The number of hydrogen-bond donors (Lipinski definition) is 2. The molecule has 1 unspecified atom stereocenters. The van der Waals surface area contributed by atoms with Gasteiger partial charge in [0, 0.05) is 12.5 Å². The van der Waals surface area contributed by atoms with E-state index < -0.39 is 5.60 Å². The summed E-state index contributed by atoms with van der Waals surface area (Å²) in [6.07, 6.45) is 2.68. The zero-order chi connectivity index (χ0) is 13.2. The number of benzene rings is 1. The predicted octanol–water partition coefficient (Wildman–Crippen LogP) is 1.68. The Kier molecular flexibility index (Phi) is 3.71. The molecule has 1 amide bonds. The molecule has 0 spiro atoms. The van der Waals surface area contributed by atoms with Crippen molar-refractivity contribution in [2.75, 3.05) is 6.54 Å². The van der Waals surface area contributed by atoms with E-state index in [4.69, 9.17) is 0 Å². The van der Waals surface area contributed by atoms with E-state index in [1.165, 1.54) is 11.1 Å². The van der Waals surface area contributed by atoms with Crippen LogP contribution in [0.5, 0.6) is 0 Å². The van der Waals surface area contributed by atoms with Crippen molar-refractivity contribution in [1.82, 2.24) is 5.32 Å². The standard InChI is InChI=1S/C15H21NO2/c1-15(2,18)10-16-14(17)13-8-7-11-5-3-4-6-12(11)9-13/h3-6,13,18H,7-10H2,1-2H3,(H,16,17). The van der Waals surface area contributed by atoms with Crippen molar-refractivity contribution in [2.24, 2.45) is 5.92 Å². The Labute approximate surface area is 108 Å².